The summed E-state index contributed by atoms with van der Waals surface area (Å²) in [6.07, 6.45) is 0. The Hall–Kier alpha value is -2.16. The summed E-state index contributed by atoms with van der Waals surface area (Å²) in [5, 5.41) is 0. The van der Waals surface area contributed by atoms with E-state index >= 15 is 0 Å². The minimum absolute atomic E-state index is 2.11. The Balaban J connectivity index is 3.94. The molecule has 0 amide bonds. The van der Waals surface area contributed by atoms with E-state index in [1.165, 1.54) is 0 Å². The molecule has 46 valence electrons. The molecule has 0 aromatic rings. The van der Waals surface area contributed by atoms with Crippen molar-refractivity contribution >= 4 is 0 Å². The topological polar surface area (TPSA) is 52.0 Å². The summed E-state index contributed by atoms with van der Waals surface area (Å²) in [5.74, 6) is 14.2. The van der Waals surface area contributed by atoms with Crippen LogP contribution in [-0.2, 0) is 0 Å². The molecule has 0 bridgehead atoms. The molecule has 0 aliphatic rings. The Kier molecular flexibility index (Phi) is 5.36. The summed E-state index contributed by atoms with van der Waals surface area (Å²) in [5.41, 5.74) is 9.62. The van der Waals surface area contributed by atoms with Crippen molar-refractivity contribution in [3.8, 4) is 47.6 Å². The van der Waals surface area contributed by atoms with Crippen LogP contribution >= 0.6 is 0 Å². The summed E-state index contributed by atoms with van der Waals surface area (Å²) in [6.45, 7) is 0. The van der Waals surface area contributed by atoms with Crippen molar-refractivity contribution in [2.75, 3.05) is 0 Å². The fourth-order valence-corrected chi connectivity index (χ4v) is 0.197. The monoisotopic (exact) mass is 128 g/mol. The second-order valence-electron chi connectivity index (χ2n) is 1.04. The smallest absolute Gasteiger partial charge is 0.0160 e. The third-order valence-electron chi connectivity index (χ3n) is 0.457. The third kappa shape index (κ3) is 5.84. The third-order valence-corrected chi connectivity index (χ3v) is 0.457. The van der Waals surface area contributed by atoms with Crippen molar-refractivity contribution in [2.45, 2.75) is 0 Å². The Morgan fingerprint density at radius 3 is 1.10 bits per heavy atom. The van der Waals surface area contributed by atoms with E-state index in [2.05, 4.69) is 47.6 Å². The Bertz CT molecular complexity index is 286. The van der Waals surface area contributed by atoms with Gasteiger partial charge >= 0.3 is 0 Å². The largest absolute Gasteiger partial charge is 0.359 e. The van der Waals surface area contributed by atoms with Gasteiger partial charge in [0.1, 0.15) is 0 Å². The number of hydrogen-bond donors (Lipinski definition) is 2. The highest BCUT2D eigenvalue weighted by atomic mass is 14.5. The lowest BCUT2D eigenvalue weighted by molar-refractivity contribution is 1.75. The number of hydrogen-bond acceptors (Lipinski definition) is 2. The molecule has 0 aliphatic heterocycles. The van der Waals surface area contributed by atoms with Crippen LogP contribution in [0.25, 0.3) is 0 Å². The Morgan fingerprint density at radius 2 is 0.800 bits per heavy atom. The molecule has 2 nitrogen and oxygen atoms in total. The molecule has 0 spiro atoms. The van der Waals surface area contributed by atoms with Crippen molar-refractivity contribution in [3.05, 3.63) is 0 Å². The van der Waals surface area contributed by atoms with Crippen LogP contribution in [0.4, 0.5) is 0 Å². The lowest BCUT2D eigenvalue weighted by atomic mass is 10.5. The molecule has 0 saturated heterocycles. The molecule has 0 fully saturated rings. The van der Waals surface area contributed by atoms with Gasteiger partial charge in [0.05, 0.1) is 0 Å². The maximum atomic E-state index is 4.81. The van der Waals surface area contributed by atoms with Crippen LogP contribution in [0.3, 0.4) is 0 Å². The first-order chi connectivity index (χ1) is 4.91. The first-order valence-electron chi connectivity index (χ1n) is 2.33. The summed E-state index contributed by atoms with van der Waals surface area (Å²) in [4.78, 5) is 0. The van der Waals surface area contributed by atoms with Crippen molar-refractivity contribution < 1.29 is 0 Å². The lowest BCUT2D eigenvalue weighted by Crippen LogP contribution is -1.74. The lowest BCUT2D eigenvalue weighted by Gasteiger charge is -1.54. The average Bonchev–Trinajstić information content (AvgIpc) is 1.97. The fraction of sp³-hybridized carbons (Fsp3) is 0. The van der Waals surface area contributed by atoms with E-state index in [1.54, 1.807) is 0 Å². The van der Waals surface area contributed by atoms with Gasteiger partial charge in [0.25, 0.3) is 0 Å². The maximum absolute atomic E-state index is 4.81. The zero-order valence-electron chi connectivity index (χ0n) is 5.15. The predicted molar refractivity (Wildman–Crippen MR) is 39.5 cm³/mol. The second-order valence-corrected chi connectivity index (χ2v) is 1.04. The van der Waals surface area contributed by atoms with Crippen molar-refractivity contribution in [1.29, 1.82) is 0 Å². The van der Waals surface area contributed by atoms with Crippen LogP contribution in [0, 0.1) is 47.6 Å². The van der Waals surface area contributed by atoms with Gasteiger partial charge in [-0.1, -0.05) is 0 Å². The number of rotatable bonds is 0. The molecule has 10 heavy (non-hydrogen) atoms. The molecular weight excluding hydrogens is 124 g/mol. The van der Waals surface area contributed by atoms with E-state index < -0.39 is 0 Å². The first kappa shape index (κ1) is 7.84. The summed E-state index contributed by atoms with van der Waals surface area (Å²) in [7, 11) is 0. The molecule has 2 heteroatoms. The van der Waals surface area contributed by atoms with Gasteiger partial charge < -0.3 is 11.5 Å². The molecule has 0 aromatic heterocycles. The van der Waals surface area contributed by atoms with E-state index in [0.29, 0.717) is 0 Å². The van der Waals surface area contributed by atoms with E-state index in [1.807, 2.05) is 0 Å². The Morgan fingerprint density at radius 1 is 0.500 bits per heavy atom. The molecule has 0 saturated carbocycles. The van der Waals surface area contributed by atoms with Gasteiger partial charge in [0.2, 0.25) is 0 Å². The van der Waals surface area contributed by atoms with Crippen LogP contribution in [0.15, 0.2) is 0 Å². The van der Waals surface area contributed by atoms with E-state index in [-0.39, 0.29) is 0 Å². The van der Waals surface area contributed by atoms with Crippen molar-refractivity contribution in [3.63, 3.8) is 0 Å². The van der Waals surface area contributed by atoms with Gasteiger partial charge in [-0.25, -0.2) is 0 Å². The van der Waals surface area contributed by atoms with Crippen LogP contribution in [-0.4, -0.2) is 0 Å². The molecule has 0 aromatic carbocycles. The summed E-state index contributed by atoms with van der Waals surface area (Å²) in [6, 6.07) is 4.21. The SMILES string of the molecule is NC#CC#CC#CC#CN. The first-order valence-corrected chi connectivity index (χ1v) is 2.33. The molecule has 0 heterocycles. The van der Waals surface area contributed by atoms with Gasteiger partial charge in [0.15, 0.2) is 0 Å². The highest BCUT2D eigenvalue weighted by Crippen LogP contribution is 1.51. The van der Waals surface area contributed by atoms with Crippen molar-refractivity contribution in [2.24, 2.45) is 11.5 Å². The number of nitrogens with two attached hydrogens (primary N) is 2. The fourth-order valence-electron chi connectivity index (χ4n) is 0.197. The van der Waals surface area contributed by atoms with E-state index in [0.717, 1.165) is 0 Å². The molecular formula is C8H4N2. The molecule has 0 radical (unpaired) electrons. The minimum atomic E-state index is 2.11. The second kappa shape index (κ2) is 6.84. The van der Waals surface area contributed by atoms with Gasteiger partial charge in [-0.05, 0) is 0 Å². The minimum Gasteiger partial charge on any atom is -0.359 e. The molecule has 0 unspecified atom stereocenters. The normalized spacial score (nSPS) is 3.60. The van der Waals surface area contributed by atoms with Gasteiger partial charge in [-0.3, -0.25) is 0 Å². The molecule has 0 rings (SSSR count). The highest BCUT2D eigenvalue weighted by Gasteiger charge is 1.52. The average molecular weight is 128 g/mol. The standard InChI is InChI=1S/C8H4N2/c9-7-5-3-1-2-4-6-8-10/h9-10H2. The van der Waals surface area contributed by atoms with Crippen LogP contribution in [0.2, 0.25) is 0 Å². The summed E-state index contributed by atoms with van der Waals surface area (Å²) >= 11 is 0. The van der Waals surface area contributed by atoms with Gasteiger partial charge in [-0.15, -0.1) is 0 Å². The molecule has 0 atom stereocenters. The van der Waals surface area contributed by atoms with E-state index in [9.17, 15) is 0 Å². The van der Waals surface area contributed by atoms with Crippen LogP contribution < -0.4 is 11.5 Å². The predicted octanol–water partition coefficient (Wildman–Crippen LogP) is -1.17. The quantitative estimate of drug-likeness (QED) is 0.319. The molecule has 0 aliphatic carbocycles. The van der Waals surface area contributed by atoms with E-state index in [4.69, 9.17) is 11.5 Å². The molecule has 4 N–H and O–H groups in total. The maximum Gasteiger partial charge on any atom is 0.0160 e. The highest BCUT2D eigenvalue weighted by molar-refractivity contribution is 5.39. The van der Waals surface area contributed by atoms with Gasteiger partial charge in [0, 0.05) is 47.6 Å². The van der Waals surface area contributed by atoms with Gasteiger partial charge in [-0.2, -0.15) is 0 Å². The Labute approximate surface area is 60.0 Å². The summed E-state index contributed by atoms with van der Waals surface area (Å²) < 4.78 is 0. The van der Waals surface area contributed by atoms with Crippen LogP contribution in [0.1, 0.15) is 0 Å². The van der Waals surface area contributed by atoms with Crippen molar-refractivity contribution in [1.82, 2.24) is 0 Å². The zero-order chi connectivity index (χ0) is 7.66. The van der Waals surface area contributed by atoms with Crippen LogP contribution in [0.5, 0.6) is 0 Å². The zero-order valence-corrected chi connectivity index (χ0v) is 5.15.